The van der Waals surface area contributed by atoms with Gasteiger partial charge in [-0.3, -0.25) is 4.79 Å². The van der Waals surface area contributed by atoms with E-state index in [1.807, 2.05) is 41.8 Å². The summed E-state index contributed by atoms with van der Waals surface area (Å²) in [4.78, 5) is 27.9. The summed E-state index contributed by atoms with van der Waals surface area (Å²) >= 11 is 0. The SMILES string of the molecule is CC[C@H]1C[C@@H](C(=O)N/N=C/N(C)C)CCN1C(=O)OC(C)(C)C. The van der Waals surface area contributed by atoms with Gasteiger partial charge >= 0.3 is 6.09 Å². The average molecular weight is 326 g/mol. The first-order valence-corrected chi connectivity index (χ1v) is 8.13. The highest BCUT2D eigenvalue weighted by atomic mass is 16.6. The zero-order chi connectivity index (χ0) is 17.6. The molecule has 0 aliphatic carbocycles. The highest BCUT2D eigenvalue weighted by Crippen LogP contribution is 2.26. The molecule has 23 heavy (non-hydrogen) atoms. The third-order valence-corrected chi connectivity index (χ3v) is 3.65. The molecule has 0 unspecified atom stereocenters. The van der Waals surface area contributed by atoms with E-state index >= 15 is 0 Å². The molecule has 0 radical (unpaired) electrons. The van der Waals surface area contributed by atoms with E-state index in [1.54, 1.807) is 16.1 Å². The van der Waals surface area contributed by atoms with Crippen LogP contribution in [0.5, 0.6) is 0 Å². The van der Waals surface area contributed by atoms with Gasteiger partial charge in [0.05, 0.1) is 0 Å². The van der Waals surface area contributed by atoms with Crippen LogP contribution in [0.3, 0.4) is 0 Å². The summed E-state index contributed by atoms with van der Waals surface area (Å²) in [5.41, 5.74) is 2.06. The Hall–Kier alpha value is -1.79. The number of nitrogens with one attached hydrogen (secondary N) is 1. The van der Waals surface area contributed by atoms with Crippen molar-refractivity contribution in [2.24, 2.45) is 11.0 Å². The Morgan fingerprint density at radius 1 is 1.39 bits per heavy atom. The second-order valence-corrected chi connectivity index (χ2v) is 7.14. The molecule has 7 heteroatoms. The molecule has 0 aromatic rings. The van der Waals surface area contributed by atoms with Crippen LogP contribution in [0.4, 0.5) is 4.79 Å². The number of ether oxygens (including phenoxy) is 1. The van der Waals surface area contributed by atoms with Gasteiger partial charge in [-0.05, 0) is 40.0 Å². The zero-order valence-corrected chi connectivity index (χ0v) is 15.1. The molecule has 1 saturated heterocycles. The van der Waals surface area contributed by atoms with E-state index in [0.717, 1.165) is 6.42 Å². The molecule has 132 valence electrons. The summed E-state index contributed by atoms with van der Waals surface area (Å²) in [5, 5.41) is 3.90. The Morgan fingerprint density at radius 3 is 2.57 bits per heavy atom. The first kappa shape index (κ1) is 19.3. The Kier molecular flexibility index (Phi) is 6.84. The maximum atomic E-state index is 12.3. The molecule has 1 rings (SSSR count). The molecule has 0 spiro atoms. The van der Waals surface area contributed by atoms with Crippen LogP contribution >= 0.6 is 0 Å². The quantitative estimate of drug-likeness (QED) is 0.487. The second-order valence-electron chi connectivity index (χ2n) is 7.14. The number of amides is 2. The molecule has 1 N–H and O–H groups in total. The van der Waals surface area contributed by atoms with Crippen molar-refractivity contribution in [1.29, 1.82) is 0 Å². The molecular formula is C16H30N4O3. The van der Waals surface area contributed by atoms with Crippen molar-refractivity contribution >= 4 is 18.3 Å². The largest absolute Gasteiger partial charge is 0.444 e. The van der Waals surface area contributed by atoms with Crippen LogP contribution in [0.1, 0.15) is 47.0 Å². The number of hydrogen-bond donors (Lipinski definition) is 1. The number of likely N-dealkylation sites (tertiary alicyclic amines) is 1. The van der Waals surface area contributed by atoms with Crippen molar-refractivity contribution in [3.63, 3.8) is 0 Å². The van der Waals surface area contributed by atoms with Gasteiger partial charge in [-0.2, -0.15) is 5.10 Å². The van der Waals surface area contributed by atoms with E-state index in [2.05, 4.69) is 10.5 Å². The molecule has 2 amide bonds. The van der Waals surface area contributed by atoms with E-state index in [4.69, 9.17) is 4.74 Å². The maximum Gasteiger partial charge on any atom is 0.410 e. The summed E-state index contributed by atoms with van der Waals surface area (Å²) in [6.45, 7) is 8.12. The van der Waals surface area contributed by atoms with Gasteiger partial charge in [-0.15, -0.1) is 0 Å². The fourth-order valence-electron chi connectivity index (χ4n) is 2.54. The lowest BCUT2D eigenvalue weighted by Gasteiger charge is -2.39. The van der Waals surface area contributed by atoms with Crippen molar-refractivity contribution in [3.8, 4) is 0 Å². The van der Waals surface area contributed by atoms with Gasteiger partial charge in [0.15, 0.2) is 0 Å². The Bertz CT molecular complexity index is 443. The Morgan fingerprint density at radius 2 is 2.04 bits per heavy atom. The predicted molar refractivity (Wildman–Crippen MR) is 90.1 cm³/mol. The van der Waals surface area contributed by atoms with Gasteiger partial charge in [0.2, 0.25) is 5.91 Å². The van der Waals surface area contributed by atoms with E-state index in [-0.39, 0.29) is 24.0 Å². The van der Waals surface area contributed by atoms with E-state index < -0.39 is 5.60 Å². The van der Waals surface area contributed by atoms with E-state index in [9.17, 15) is 9.59 Å². The molecule has 0 bridgehead atoms. The number of rotatable bonds is 4. The number of nitrogens with zero attached hydrogens (tertiary/aromatic N) is 3. The standard InChI is InChI=1S/C16H30N4O3/c1-7-13-10-12(14(21)18-17-11-19(5)6)8-9-20(13)15(22)23-16(2,3)4/h11-13H,7-10H2,1-6H3,(H,18,21)/b17-11+/t12-,13-/m0/s1. The minimum absolute atomic E-state index is 0.0205. The minimum Gasteiger partial charge on any atom is -0.444 e. The number of piperidine rings is 1. The minimum atomic E-state index is -0.509. The highest BCUT2D eigenvalue weighted by molar-refractivity contribution is 5.79. The van der Waals surface area contributed by atoms with E-state index in [0.29, 0.717) is 19.4 Å². The third kappa shape index (κ3) is 6.46. The second kappa shape index (κ2) is 8.17. The van der Waals surface area contributed by atoms with Crippen LogP contribution in [0.2, 0.25) is 0 Å². The van der Waals surface area contributed by atoms with Crippen LogP contribution in [0.15, 0.2) is 5.10 Å². The molecule has 0 saturated carbocycles. The van der Waals surface area contributed by atoms with Gasteiger partial charge in [-0.25, -0.2) is 10.2 Å². The first-order chi connectivity index (χ1) is 10.6. The van der Waals surface area contributed by atoms with Crippen molar-refractivity contribution in [2.45, 2.75) is 58.6 Å². The van der Waals surface area contributed by atoms with Crippen LogP contribution < -0.4 is 5.43 Å². The summed E-state index contributed by atoms with van der Waals surface area (Å²) in [5.74, 6) is -0.219. The number of carbonyl (C=O) groups is 2. The number of hydrogen-bond acceptors (Lipinski definition) is 4. The summed E-state index contributed by atoms with van der Waals surface area (Å²) in [7, 11) is 3.67. The van der Waals surface area contributed by atoms with Crippen molar-refractivity contribution < 1.29 is 14.3 Å². The molecule has 1 fully saturated rings. The topological polar surface area (TPSA) is 74.2 Å². The van der Waals surface area contributed by atoms with Crippen LogP contribution in [0, 0.1) is 5.92 Å². The van der Waals surface area contributed by atoms with Gasteiger partial charge in [0.1, 0.15) is 11.9 Å². The fraction of sp³-hybridized carbons (Fsp3) is 0.812. The molecule has 0 aromatic heterocycles. The molecule has 1 heterocycles. The maximum absolute atomic E-state index is 12.3. The van der Waals surface area contributed by atoms with Crippen molar-refractivity contribution in [3.05, 3.63) is 0 Å². The van der Waals surface area contributed by atoms with Crippen LogP contribution in [-0.4, -0.2) is 60.4 Å². The molecule has 0 aromatic carbocycles. The lowest BCUT2D eigenvalue weighted by Crippen LogP contribution is -2.50. The molecule has 1 aliphatic rings. The molecule has 7 nitrogen and oxygen atoms in total. The summed E-state index contributed by atoms with van der Waals surface area (Å²) < 4.78 is 5.45. The lowest BCUT2D eigenvalue weighted by atomic mass is 9.89. The van der Waals surface area contributed by atoms with Gasteiger partial charge in [0.25, 0.3) is 0 Å². The summed E-state index contributed by atoms with van der Waals surface area (Å²) in [6.07, 6.45) is 3.31. The van der Waals surface area contributed by atoms with Gasteiger partial charge in [-0.1, -0.05) is 6.92 Å². The smallest absolute Gasteiger partial charge is 0.410 e. The molecular weight excluding hydrogens is 296 g/mol. The Labute approximate surface area is 139 Å². The lowest BCUT2D eigenvalue weighted by molar-refractivity contribution is -0.127. The van der Waals surface area contributed by atoms with Crippen molar-refractivity contribution in [1.82, 2.24) is 15.2 Å². The average Bonchev–Trinajstić information content (AvgIpc) is 2.44. The fourth-order valence-corrected chi connectivity index (χ4v) is 2.54. The van der Waals surface area contributed by atoms with Crippen molar-refractivity contribution in [2.75, 3.05) is 20.6 Å². The first-order valence-electron chi connectivity index (χ1n) is 8.13. The summed E-state index contributed by atoms with van der Waals surface area (Å²) in [6, 6.07) is 0.0205. The van der Waals surface area contributed by atoms with Gasteiger partial charge in [0, 0.05) is 32.6 Å². The normalized spacial score (nSPS) is 22.1. The predicted octanol–water partition coefficient (Wildman–Crippen LogP) is 2.03. The van der Waals surface area contributed by atoms with Gasteiger partial charge < -0.3 is 14.5 Å². The highest BCUT2D eigenvalue weighted by Gasteiger charge is 2.35. The monoisotopic (exact) mass is 326 g/mol. The third-order valence-electron chi connectivity index (χ3n) is 3.65. The number of carbonyl (C=O) groups excluding carboxylic acids is 2. The molecule has 2 atom stereocenters. The zero-order valence-electron chi connectivity index (χ0n) is 15.1. The Balaban J connectivity index is 2.61. The van der Waals surface area contributed by atoms with Crippen LogP contribution in [-0.2, 0) is 9.53 Å². The van der Waals surface area contributed by atoms with E-state index in [1.165, 1.54) is 0 Å². The number of hydrazone groups is 1. The van der Waals surface area contributed by atoms with Crippen LogP contribution in [0.25, 0.3) is 0 Å². The molecule has 1 aliphatic heterocycles.